The third-order valence-corrected chi connectivity index (χ3v) is 4.24. The smallest absolute Gasteiger partial charge is 0.462 e. The summed E-state index contributed by atoms with van der Waals surface area (Å²) < 4.78 is 62.8. The number of hydrogen-bond acceptors (Lipinski definition) is 11. The molecule has 36 heavy (non-hydrogen) atoms. The van der Waals surface area contributed by atoms with E-state index < -0.39 is 85.5 Å². The van der Waals surface area contributed by atoms with Gasteiger partial charge in [0.1, 0.15) is 18.8 Å². The molecule has 16 heteroatoms. The van der Waals surface area contributed by atoms with Gasteiger partial charge in [-0.2, -0.15) is 13.2 Å². The van der Waals surface area contributed by atoms with Crippen LogP contribution in [0.1, 0.15) is 34.6 Å². The summed E-state index contributed by atoms with van der Waals surface area (Å²) in [6.07, 6.45) is -11.0. The Kier molecular flexibility index (Phi) is 13.4. The van der Waals surface area contributed by atoms with Gasteiger partial charge in [-0.3, -0.25) is 28.8 Å². The first-order valence-electron chi connectivity index (χ1n) is 10.3. The molecule has 0 aliphatic rings. The molecule has 0 bridgehead atoms. The average Bonchev–Trinajstić information content (AvgIpc) is 2.72. The second kappa shape index (κ2) is 14.9. The fourth-order valence-electron chi connectivity index (χ4n) is 2.94. The van der Waals surface area contributed by atoms with Crippen molar-refractivity contribution in [3.05, 3.63) is 0 Å². The van der Waals surface area contributed by atoms with Crippen molar-refractivity contribution >= 4 is 35.7 Å². The van der Waals surface area contributed by atoms with E-state index in [2.05, 4.69) is 5.32 Å². The Balaban J connectivity index is 6.19. The van der Waals surface area contributed by atoms with Gasteiger partial charge in [-0.1, -0.05) is 0 Å². The maximum absolute atomic E-state index is 12.4. The predicted molar refractivity (Wildman–Crippen MR) is 111 cm³/mol. The maximum atomic E-state index is 12.4. The number of halogens is 3. The summed E-state index contributed by atoms with van der Waals surface area (Å²) in [5, 5.41) is 3.61. The number of nitrogens with one attached hydrogen (secondary N) is 2. The molecule has 13 nitrogen and oxygen atoms in total. The van der Waals surface area contributed by atoms with Gasteiger partial charge < -0.3 is 34.3 Å². The minimum Gasteiger partial charge on any atom is -0.462 e. The molecule has 2 N–H and O–H groups in total. The van der Waals surface area contributed by atoms with E-state index >= 15 is 0 Å². The third kappa shape index (κ3) is 12.3. The molecule has 0 saturated heterocycles. The van der Waals surface area contributed by atoms with Crippen molar-refractivity contribution in [2.24, 2.45) is 0 Å². The van der Waals surface area contributed by atoms with E-state index in [0.717, 1.165) is 34.8 Å². The summed E-state index contributed by atoms with van der Waals surface area (Å²) in [6, 6.07) is -1.44. The summed E-state index contributed by atoms with van der Waals surface area (Å²) in [5.74, 6) is -6.92. The first kappa shape index (κ1) is 32.6. The Labute approximate surface area is 204 Å². The summed E-state index contributed by atoms with van der Waals surface area (Å²) >= 11 is 0. The van der Waals surface area contributed by atoms with Gasteiger partial charge in [0.25, 0.3) is 0 Å². The molecule has 0 aromatic rings. The maximum Gasteiger partial charge on any atom is 0.471 e. The fourth-order valence-corrected chi connectivity index (χ4v) is 2.94. The second-order valence-corrected chi connectivity index (χ2v) is 7.31. The third-order valence-electron chi connectivity index (χ3n) is 4.24. The van der Waals surface area contributed by atoms with Gasteiger partial charge in [-0.25, -0.2) is 0 Å². The van der Waals surface area contributed by atoms with Gasteiger partial charge in [0, 0.05) is 34.8 Å². The zero-order valence-electron chi connectivity index (χ0n) is 20.4. The quantitative estimate of drug-likeness (QED) is 0.233. The molecule has 0 heterocycles. The van der Waals surface area contributed by atoms with E-state index in [9.17, 15) is 41.9 Å². The normalized spacial score (nSPS) is 15.2. The lowest BCUT2D eigenvalue weighted by atomic mass is 9.96. The first-order chi connectivity index (χ1) is 16.5. The average molecular weight is 530 g/mol. The van der Waals surface area contributed by atoms with Crippen LogP contribution < -0.4 is 10.6 Å². The first-order valence-corrected chi connectivity index (χ1v) is 10.3. The monoisotopic (exact) mass is 530 g/mol. The van der Waals surface area contributed by atoms with Crippen LogP contribution in [-0.4, -0.2) is 92.6 Å². The molecule has 2 unspecified atom stereocenters. The van der Waals surface area contributed by atoms with E-state index in [1.807, 2.05) is 0 Å². The highest BCUT2D eigenvalue weighted by atomic mass is 19.4. The molecule has 0 aromatic heterocycles. The Morgan fingerprint density at radius 2 is 1.33 bits per heavy atom. The number of ether oxygens (including phenoxy) is 5. The highest BCUT2D eigenvalue weighted by molar-refractivity contribution is 5.87. The minimum absolute atomic E-state index is 0.614. The van der Waals surface area contributed by atoms with Crippen LogP contribution in [0.5, 0.6) is 0 Å². The summed E-state index contributed by atoms with van der Waals surface area (Å²) in [7, 11) is 1.09. The molecule has 2 amide bonds. The molecule has 0 rings (SSSR count). The van der Waals surface area contributed by atoms with Crippen LogP contribution in [0.2, 0.25) is 0 Å². The summed E-state index contributed by atoms with van der Waals surface area (Å²) in [4.78, 5) is 69.6. The standard InChI is InChI=1S/C20H29F3N2O11/c1-9(34-11(3)27)16(25-15(30)7-24-19(31)20(21,22)23)18(32-6)17(36-13(5)29)14(35-12(4)28)8-33-10(2)26/h9,14,16-18H,7-8H2,1-6H3,(H,24,31)(H,25,30)/t9?,14-,16+,17-,18?/m1/s1. The Hall–Kier alpha value is -3.43. The zero-order valence-corrected chi connectivity index (χ0v) is 20.4. The van der Waals surface area contributed by atoms with Crippen LogP contribution in [0.4, 0.5) is 13.2 Å². The van der Waals surface area contributed by atoms with Crippen LogP contribution >= 0.6 is 0 Å². The second-order valence-electron chi connectivity index (χ2n) is 7.31. The van der Waals surface area contributed by atoms with Crippen LogP contribution in [0.25, 0.3) is 0 Å². The highest BCUT2D eigenvalue weighted by Gasteiger charge is 2.44. The van der Waals surface area contributed by atoms with Gasteiger partial charge in [0.05, 0.1) is 12.6 Å². The number of amides is 2. The van der Waals surface area contributed by atoms with Gasteiger partial charge in [-0.15, -0.1) is 0 Å². The van der Waals surface area contributed by atoms with Crippen molar-refractivity contribution in [3.8, 4) is 0 Å². The molecule has 0 radical (unpaired) electrons. The number of methoxy groups -OCH3 is 1. The highest BCUT2D eigenvalue weighted by Crippen LogP contribution is 2.20. The minimum atomic E-state index is -5.24. The fraction of sp³-hybridized carbons (Fsp3) is 0.700. The lowest BCUT2D eigenvalue weighted by Gasteiger charge is -2.37. The molecule has 0 aliphatic heterocycles. The van der Waals surface area contributed by atoms with Gasteiger partial charge >= 0.3 is 36.0 Å². The summed E-state index contributed by atoms with van der Waals surface area (Å²) in [5.41, 5.74) is 0. The molecule has 0 fully saturated rings. The number of rotatable bonds is 13. The van der Waals surface area contributed by atoms with Crippen LogP contribution in [0, 0.1) is 0 Å². The number of hydrogen-bond donors (Lipinski definition) is 2. The van der Waals surface area contributed by atoms with Crippen LogP contribution in [-0.2, 0) is 52.5 Å². The van der Waals surface area contributed by atoms with Crippen molar-refractivity contribution in [2.75, 3.05) is 20.3 Å². The Morgan fingerprint density at radius 3 is 1.75 bits per heavy atom. The summed E-state index contributed by atoms with van der Waals surface area (Å²) in [6.45, 7) is 3.63. The molecule has 0 saturated carbocycles. The molecule has 206 valence electrons. The van der Waals surface area contributed by atoms with Crippen molar-refractivity contribution in [1.82, 2.24) is 10.6 Å². The van der Waals surface area contributed by atoms with Gasteiger partial charge in [0.2, 0.25) is 5.91 Å². The van der Waals surface area contributed by atoms with Crippen molar-refractivity contribution in [3.63, 3.8) is 0 Å². The topological polar surface area (TPSA) is 173 Å². The number of alkyl halides is 3. The SMILES string of the molecule is COC([C@@H](NC(=O)CNC(=O)C(F)(F)F)C(C)OC(C)=O)[C@H](OC(C)=O)[C@@H](COC(C)=O)OC(C)=O. The van der Waals surface area contributed by atoms with E-state index in [1.54, 1.807) is 0 Å². The molecular weight excluding hydrogens is 501 g/mol. The van der Waals surface area contributed by atoms with Gasteiger partial charge in [0.15, 0.2) is 12.2 Å². The number of carbonyl (C=O) groups excluding carboxylic acids is 6. The number of esters is 4. The molecule has 0 spiro atoms. The van der Waals surface area contributed by atoms with Crippen LogP contribution in [0.15, 0.2) is 0 Å². The molecular formula is C20H29F3N2O11. The van der Waals surface area contributed by atoms with E-state index in [0.29, 0.717) is 0 Å². The molecule has 0 aliphatic carbocycles. The zero-order chi connectivity index (χ0) is 28.2. The van der Waals surface area contributed by atoms with E-state index in [-0.39, 0.29) is 0 Å². The predicted octanol–water partition coefficient (Wildman–Crippen LogP) is -0.457. The molecule has 5 atom stereocenters. The lowest BCUT2D eigenvalue weighted by molar-refractivity contribution is -0.190. The lowest BCUT2D eigenvalue weighted by Crippen LogP contribution is -2.61. The van der Waals surface area contributed by atoms with Crippen molar-refractivity contribution in [1.29, 1.82) is 0 Å². The van der Waals surface area contributed by atoms with Gasteiger partial charge in [-0.05, 0) is 6.92 Å². The van der Waals surface area contributed by atoms with Crippen molar-refractivity contribution in [2.45, 2.75) is 71.3 Å². The Bertz CT molecular complexity index is 819. The molecule has 0 aromatic carbocycles. The van der Waals surface area contributed by atoms with E-state index in [1.165, 1.54) is 12.2 Å². The Morgan fingerprint density at radius 1 is 0.806 bits per heavy atom. The number of carbonyl (C=O) groups is 6. The largest absolute Gasteiger partial charge is 0.471 e. The van der Waals surface area contributed by atoms with E-state index in [4.69, 9.17) is 23.7 Å². The van der Waals surface area contributed by atoms with Crippen molar-refractivity contribution < 1.29 is 65.6 Å². The van der Waals surface area contributed by atoms with Crippen LogP contribution in [0.3, 0.4) is 0 Å².